The number of ether oxygens (including phenoxy) is 4. The SMILES string of the molecule is COc1ccc(Cl)c(OC[C@H]2CC(OC)(OC)CN2)n1. The van der Waals surface area contributed by atoms with E-state index in [2.05, 4.69) is 10.3 Å². The van der Waals surface area contributed by atoms with E-state index in [0.29, 0.717) is 36.4 Å². The molecule has 0 amide bonds. The molecule has 0 unspecified atom stereocenters. The van der Waals surface area contributed by atoms with Crippen molar-refractivity contribution in [1.82, 2.24) is 10.3 Å². The van der Waals surface area contributed by atoms with Crippen LogP contribution in [0.1, 0.15) is 6.42 Å². The zero-order valence-electron chi connectivity index (χ0n) is 11.8. The maximum Gasteiger partial charge on any atom is 0.235 e. The number of nitrogens with one attached hydrogen (secondary N) is 1. The maximum absolute atomic E-state index is 6.04. The molecule has 1 saturated heterocycles. The number of rotatable bonds is 6. The molecule has 1 aliphatic rings. The van der Waals surface area contributed by atoms with Crippen molar-refractivity contribution in [2.24, 2.45) is 0 Å². The molecule has 0 radical (unpaired) electrons. The summed E-state index contributed by atoms with van der Waals surface area (Å²) in [6.45, 7) is 1.04. The van der Waals surface area contributed by atoms with Crippen LogP contribution in [0.4, 0.5) is 0 Å². The molecule has 2 heterocycles. The van der Waals surface area contributed by atoms with E-state index in [-0.39, 0.29) is 6.04 Å². The van der Waals surface area contributed by atoms with E-state index in [0.717, 1.165) is 0 Å². The molecule has 20 heavy (non-hydrogen) atoms. The van der Waals surface area contributed by atoms with Gasteiger partial charge in [0.25, 0.3) is 0 Å². The van der Waals surface area contributed by atoms with Crippen LogP contribution < -0.4 is 14.8 Å². The third-order valence-corrected chi connectivity index (χ3v) is 3.67. The Balaban J connectivity index is 1.93. The Bertz CT molecular complexity index is 454. The Morgan fingerprint density at radius 1 is 1.35 bits per heavy atom. The molecule has 1 aliphatic heterocycles. The fourth-order valence-corrected chi connectivity index (χ4v) is 2.29. The second kappa shape index (κ2) is 6.58. The van der Waals surface area contributed by atoms with Gasteiger partial charge in [0.05, 0.1) is 13.7 Å². The van der Waals surface area contributed by atoms with Crippen LogP contribution in [0.5, 0.6) is 11.8 Å². The molecule has 1 atom stereocenters. The number of methoxy groups -OCH3 is 3. The van der Waals surface area contributed by atoms with Gasteiger partial charge in [0.2, 0.25) is 11.8 Å². The Kier molecular flexibility index (Phi) is 5.04. The molecule has 1 aromatic heterocycles. The first-order valence-electron chi connectivity index (χ1n) is 6.29. The van der Waals surface area contributed by atoms with Crippen LogP contribution in [0.3, 0.4) is 0 Å². The van der Waals surface area contributed by atoms with Gasteiger partial charge >= 0.3 is 0 Å². The summed E-state index contributed by atoms with van der Waals surface area (Å²) in [5.74, 6) is 0.242. The van der Waals surface area contributed by atoms with E-state index < -0.39 is 5.79 Å². The van der Waals surface area contributed by atoms with E-state index in [1.54, 1.807) is 33.5 Å². The molecule has 1 aromatic rings. The number of halogens is 1. The summed E-state index contributed by atoms with van der Waals surface area (Å²) in [6, 6.07) is 3.49. The highest BCUT2D eigenvalue weighted by molar-refractivity contribution is 6.31. The van der Waals surface area contributed by atoms with Crippen LogP contribution in [0, 0.1) is 0 Å². The molecule has 7 heteroatoms. The minimum atomic E-state index is -0.584. The summed E-state index contributed by atoms with van der Waals surface area (Å²) in [4.78, 5) is 4.16. The first kappa shape index (κ1) is 15.3. The van der Waals surface area contributed by atoms with Gasteiger partial charge in [-0.15, -0.1) is 0 Å². The molecule has 1 fully saturated rings. The standard InChI is InChI=1S/C13H19ClN2O4/c1-17-11-5-4-10(14)12(16-11)20-7-9-6-13(18-2,19-3)8-15-9/h4-5,9,15H,6-8H2,1-3H3/t9-/m1/s1. The van der Waals surface area contributed by atoms with Gasteiger partial charge in [-0.25, -0.2) is 0 Å². The average Bonchev–Trinajstić information content (AvgIpc) is 2.91. The van der Waals surface area contributed by atoms with Gasteiger partial charge in [-0.3, -0.25) is 0 Å². The zero-order valence-corrected chi connectivity index (χ0v) is 12.6. The summed E-state index contributed by atoms with van der Waals surface area (Å²) in [6.07, 6.45) is 0.696. The third-order valence-electron chi connectivity index (χ3n) is 3.38. The Morgan fingerprint density at radius 2 is 2.10 bits per heavy atom. The fraction of sp³-hybridized carbons (Fsp3) is 0.615. The molecule has 0 aliphatic carbocycles. The molecular formula is C13H19ClN2O4. The van der Waals surface area contributed by atoms with E-state index in [1.807, 2.05) is 0 Å². The van der Waals surface area contributed by atoms with E-state index in [1.165, 1.54) is 0 Å². The van der Waals surface area contributed by atoms with Crippen molar-refractivity contribution in [3.63, 3.8) is 0 Å². The van der Waals surface area contributed by atoms with Crippen molar-refractivity contribution in [3.05, 3.63) is 17.2 Å². The summed E-state index contributed by atoms with van der Waals surface area (Å²) in [5, 5.41) is 3.74. The monoisotopic (exact) mass is 302 g/mol. The normalized spacial score (nSPS) is 20.9. The largest absolute Gasteiger partial charge is 0.481 e. The minimum Gasteiger partial charge on any atom is -0.481 e. The number of hydrogen-bond donors (Lipinski definition) is 1. The Morgan fingerprint density at radius 3 is 2.70 bits per heavy atom. The molecule has 112 valence electrons. The van der Waals surface area contributed by atoms with Crippen molar-refractivity contribution >= 4 is 11.6 Å². The van der Waals surface area contributed by atoms with Crippen LogP contribution in [-0.2, 0) is 9.47 Å². The molecule has 0 spiro atoms. The molecule has 0 saturated carbocycles. The predicted octanol–water partition coefficient (Wildman–Crippen LogP) is 1.47. The smallest absolute Gasteiger partial charge is 0.235 e. The summed E-state index contributed by atoms with van der Waals surface area (Å²) in [7, 11) is 4.81. The molecule has 6 nitrogen and oxygen atoms in total. The van der Waals surface area contributed by atoms with Crippen molar-refractivity contribution in [2.45, 2.75) is 18.2 Å². The van der Waals surface area contributed by atoms with E-state index in [9.17, 15) is 0 Å². The predicted molar refractivity (Wildman–Crippen MR) is 74.5 cm³/mol. The van der Waals surface area contributed by atoms with Crippen LogP contribution in [0.25, 0.3) is 0 Å². The van der Waals surface area contributed by atoms with Crippen molar-refractivity contribution < 1.29 is 18.9 Å². The van der Waals surface area contributed by atoms with Gasteiger partial charge < -0.3 is 24.3 Å². The molecule has 1 N–H and O–H groups in total. The average molecular weight is 303 g/mol. The van der Waals surface area contributed by atoms with Crippen LogP contribution >= 0.6 is 11.6 Å². The fourth-order valence-electron chi connectivity index (χ4n) is 2.13. The van der Waals surface area contributed by atoms with Crippen LogP contribution in [0.2, 0.25) is 5.02 Å². The first-order valence-corrected chi connectivity index (χ1v) is 6.67. The number of aromatic nitrogens is 1. The molecule has 2 rings (SSSR count). The zero-order chi connectivity index (χ0) is 14.6. The van der Waals surface area contributed by atoms with Crippen LogP contribution in [0.15, 0.2) is 12.1 Å². The van der Waals surface area contributed by atoms with Gasteiger partial charge in [-0.2, -0.15) is 4.98 Å². The lowest BCUT2D eigenvalue weighted by molar-refractivity contribution is -0.192. The van der Waals surface area contributed by atoms with Gasteiger partial charge in [0.1, 0.15) is 11.6 Å². The highest BCUT2D eigenvalue weighted by atomic mass is 35.5. The second-order valence-corrected chi connectivity index (χ2v) is 4.96. The summed E-state index contributed by atoms with van der Waals surface area (Å²) in [5.41, 5.74) is 0. The highest BCUT2D eigenvalue weighted by Crippen LogP contribution is 2.27. The summed E-state index contributed by atoms with van der Waals surface area (Å²) < 4.78 is 21.5. The lowest BCUT2D eigenvalue weighted by Gasteiger charge is -2.24. The summed E-state index contributed by atoms with van der Waals surface area (Å²) >= 11 is 6.04. The number of nitrogens with zero attached hydrogens (tertiary/aromatic N) is 1. The number of hydrogen-bond acceptors (Lipinski definition) is 6. The van der Waals surface area contributed by atoms with Crippen LogP contribution in [-0.4, -0.2) is 51.3 Å². The second-order valence-electron chi connectivity index (χ2n) is 4.55. The van der Waals surface area contributed by atoms with Gasteiger partial charge in [0, 0.05) is 32.7 Å². The van der Waals surface area contributed by atoms with E-state index >= 15 is 0 Å². The Labute approximate surface area is 123 Å². The first-order chi connectivity index (χ1) is 9.62. The van der Waals surface area contributed by atoms with Crippen molar-refractivity contribution in [1.29, 1.82) is 0 Å². The number of pyridine rings is 1. The highest BCUT2D eigenvalue weighted by Gasteiger charge is 2.39. The third kappa shape index (κ3) is 3.32. The molecule has 0 aromatic carbocycles. The van der Waals surface area contributed by atoms with Crippen molar-refractivity contribution in [2.75, 3.05) is 34.5 Å². The molecule has 0 bridgehead atoms. The van der Waals surface area contributed by atoms with E-state index in [4.69, 9.17) is 30.5 Å². The lowest BCUT2D eigenvalue weighted by atomic mass is 10.1. The lowest BCUT2D eigenvalue weighted by Crippen LogP contribution is -2.35. The topological polar surface area (TPSA) is 61.8 Å². The van der Waals surface area contributed by atoms with Gasteiger partial charge in [-0.05, 0) is 6.07 Å². The molecular weight excluding hydrogens is 284 g/mol. The van der Waals surface area contributed by atoms with Crippen molar-refractivity contribution in [3.8, 4) is 11.8 Å². The maximum atomic E-state index is 6.04. The van der Waals surface area contributed by atoms with Gasteiger partial charge in [-0.1, -0.05) is 11.6 Å². The quantitative estimate of drug-likeness (QED) is 0.803. The minimum absolute atomic E-state index is 0.110. The van der Waals surface area contributed by atoms with Gasteiger partial charge in [0.15, 0.2) is 5.79 Å². The Hall–Kier alpha value is -1.08.